The molecular weight excluding hydrogens is 204 g/mol. The van der Waals surface area contributed by atoms with Crippen molar-refractivity contribution in [2.45, 2.75) is 59.1 Å². The molecule has 2 atom stereocenters. The number of rotatable bonds is 9. The monoisotopic (exact) mass is 230 g/mol. The molecule has 0 bridgehead atoms. The molecule has 0 aliphatic carbocycles. The molecule has 0 N–H and O–H groups in total. The van der Waals surface area contributed by atoms with Gasteiger partial charge >= 0.3 is 8.56 Å². The molecule has 0 heterocycles. The molecule has 2 nitrogen and oxygen atoms in total. The van der Waals surface area contributed by atoms with Crippen LogP contribution in [0.2, 0.25) is 6.55 Å². The summed E-state index contributed by atoms with van der Waals surface area (Å²) in [7, 11) is -2.10. The molecule has 0 saturated heterocycles. The maximum Gasteiger partial charge on any atom is 0.361 e. The lowest BCUT2D eigenvalue weighted by Gasteiger charge is -2.27. The van der Waals surface area contributed by atoms with E-state index in [0.29, 0.717) is 0 Å². The van der Waals surface area contributed by atoms with Gasteiger partial charge in [-0.1, -0.05) is 26.7 Å². The highest BCUT2D eigenvalue weighted by Gasteiger charge is 2.29. The first-order chi connectivity index (χ1) is 7.08. The van der Waals surface area contributed by atoms with Crippen LogP contribution in [0.3, 0.4) is 0 Å². The van der Waals surface area contributed by atoms with Gasteiger partial charge in [0.2, 0.25) is 0 Å². The minimum absolute atomic E-state index is 0.284. The first-order valence-corrected chi connectivity index (χ1v) is 8.42. The van der Waals surface area contributed by atoms with Crippen LogP contribution in [-0.4, -0.2) is 21.3 Å². The summed E-state index contributed by atoms with van der Waals surface area (Å²) in [5.41, 5.74) is 1.88. The van der Waals surface area contributed by atoms with Crippen molar-refractivity contribution in [1.29, 1.82) is 0 Å². The van der Waals surface area contributed by atoms with Crippen LogP contribution in [0.5, 0.6) is 0 Å². The lowest BCUT2D eigenvalue weighted by molar-refractivity contribution is 0.128. The Bertz CT molecular complexity index is 173. The van der Waals surface area contributed by atoms with Crippen molar-refractivity contribution in [3.8, 4) is 0 Å². The first kappa shape index (κ1) is 14.9. The second kappa shape index (κ2) is 8.08. The second-order valence-electron chi connectivity index (χ2n) is 4.14. The summed E-state index contributed by atoms with van der Waals surface area (Å²) in [6, 6.07) is 0. The maximum absolute atomic E-state index is 5.97. The van der Waals surface area contributed by atoms with E-state index in [0.717, 1.165) is 32.3 Å². The fourth-order valence-electron chi connectivity index (χ4n) is 1.43. The van der Waals surface area contributed by atoms with Gasteiger partial charge in [-0.25, -0.2) is 0 Å². The summed E-state index contributed by atoms with van der Waals surface area (Å²) < 4.78 is 11.8. The van der Waals surface area contributed by atoms with Crippen LogP contribution in [0.1, 0.15) is 46.5 Å². The Morgan fingerprint density at radius 3 is 2.47 bits per heavy atom. The highest BCUT2D eigenvalue weighted by Crippen LogP contribution is 2.14. The SMILES string of the molecule is C=C[Si](C)(OCCCC)OC(C)CCC. The van der Waals surface area contributed by atoms with Crippen LogP contribution in [-0.2, 0) is 8.85 Å². The van der Waals surface area contributed by atoms with Crippen LogP contribution in [0.4, 0.5) is 0 Å². The van der Waals surface area contributed by atoms with E-state index < -0.39 is 8.56 Å². The van der Waals surface area contributed by atoms with Gasteiger partial charge in [0, 0.05) is 12.7 Å². The Labute approximate surface area is 95.9 Å². The highest BCUT2D eigenvalue weighted by molar-refractivity contribution is 6.71. The third-order valence-corrected chi connectivity index (χ3v) is 4.78. The molecule has 0 fully saturated rings. The molecule has 0 rings (SSSR count). The van der Waals surface area contributed by atoms with Gasteiger partial charge in [-0.15, -0.1) is 6.58 Å². The van der Waals surface area contributed by atoms with Crippen molar-refractivity contribution in [3.05, 3.63) is 12.3 Å². The summed E-state index contributed by atoms with van der Waals surface area (Å²) in [5, 5.41) is 0. The van der Waals surface area contributed by atoms with Gasteiger partial charge in [0.15, 0.2) is 0 Å². The van der Waals surface area contributed by atoms with E-state index in [-0.39, 0.29) is 6.10 Å². The van der Waals surface area contributed by atoms with Crippen molar-refractivity contribution in [2.75, 3.05) is 6.61 Å². The van der Waals surface area contributed by atoms with Crippen molar-refractivity contribution in [1.82, 2.24) is 0 Å². The van der Waals surface area contributed by atoms with E-state index in [4.69, 9.17) is 8.85 Å². The van der Waals surface area contributed by atoms with E-state index in [2.05, 4.69) is 33.9 Å². The molecule has 90 valence electrons. The van der Waals surface area contributed by atoms with Crippen LogP contribution in [0.15, 0.2) is 12.3 Å². The van der Waals surface area contributed by atoms with Gasteiger partial charge < -0.3 is 8.85 Å². The van der Waals surface area contributed by atoms with Gasteiger partial charge in [0.05, 0.1) is 0 Å². The zero-order valence-corrected chi connectivity index (χ0v) is 11.7. The number of hydrogen-bond acceptors (Lipinski definition) is 2. The Morgan fingerprint density at radius 2 is 2.00 bits per heavy atom. The molecule has 0 radical (unpaired) electrons. The maximum atomic E-state index is 5.97. The van der Waals surface area contributed by atoms with Crippen molar-refractivity contribution in [3.63, 3.8) is 0 Å². The molecular formula is C12H26O2Si. The first-order valence-electron chi connectivity index (χ1n) is 6.03. The van der Waals surface area contributed by atoms with Crippen LogP contribution >= 0.6 is 0 Å². The smallest absolute Gasteiger partial charge is 0.361 e. The lowest BCUT2D eigenvalue weighted by Crippen LogP contribution is -2.40. The standard InChI is InChI=1S/C12H26O2Si/c1-6-9-11-13-15(5,8-3)14-12(4)10-7-2/h8,12H,3,6-7,9-11H2,1-2,4-5H3. The fraction of sp³-hybridized carbons (Fsp3) is 0.833. The van der Waals surface area contributed by atoms with Crippen LogP contribution in [0, 0.1) is 0 Å². The molecule has 0 aliphatic rings. The summed E-state index contributed by atoms with van der Waals surface area (Å²) in [6.07, 6.45) is 4.78. The summed E-state index contributed by atoms with van der Waals surface area (Å²) in [6.45, 7) is 13.2. The van der Waals surface area contributed by atoms with Crippen molar-refractivity contribution < 1.29 is 8.85 Å². The molecule has 15 heavy (non-hydrogen) atoms. The van der Waals surface area contributed by atoms with Crippen molar-refractivity contribution in [2.24, 2.45) is 0 Å². The zero-order valence-electron chi connectivity index (χ0n) is 10.7. The minimum atomic E-state index is -2.10. The van der Waals surface area contributed by atoms with Gasteiger partial charge in [-0.05, 0) is 32.0 Å². The Kier molecular flexibility index (Phi) is 8.01. The largest absolute Gasteiger partial charge is 0.391 e. The Hall–Kier alpha value is -0.123. The predicted molar refractivity (Wildman–Crippen MR) is 68.1 cm³/mol. The Balaban J connectivity index is 3.99. The molecule has 0 spiro atoms. The van der Waals surface area contributed by atoms with Gasteiger partial charge in [-0.2, -0.15) is 0 Å². The normalized spacial score (nSPS) is 17.1. The molecule has 2 unspecified atom stereocenters. The van der Waals surface area contributed by atoms with E-state index in [1.165, 1.54) is 0 Å². The van der Waals surface area contributed by atoms with Crippen LogP contribution < -0.4 is 0 Å². The fourth-order valence-corrected chi connectivity index (χ4v) is 3.17. The summed E-state index contributed by atoms with van der Waals surface area (Å²) >= 11 is 0. The second-order valence-corrected chi connectivity index (χ2v) is 7.10. The summed E-state index contributed by atoms with van der Waals surface area (Å²) in [4.78, 5) is 0. The van der Waals surface area contributed by atoms with E-state index >= 15 is 0 Å². The molecule has 0 aromatic rings. The third kappa shape index (κ3) is 6.87. The molecule has 0 amide bonds. The molecule has 0 aliphatic heterocycles. The van der Waals surface area contributed by atoms with Gasteiger partial charge in [0.25, 0.3) is 0 Å². The third-order valence-electron chi connectivity index (χ3n) is 2.39. The van der Waals surface area contributed by atoms with Crippen LogP contribution in [0.25, 0.3) is 0 Å². The molecule has 3 heteroatoms. The van der Waals surface area contributed by atoms with Crippen molar-refractivity contribution >= 4 is 8.56 Å². The molecule has 0 aromatic carbocycles. The average Bonchev–Trinajstić information content (AvgIpc) is 2.18. The topological polar surface area (TPSA) is 18.5 Å². The Morgan fingerprint density at radius 1 is 1.33 bits per heavy atom. The van der Waals surface area contributed by atoms with Gasteiger partial charge in [-0.3, -0.25) is 0 Å². The lowest BCUT2D eigenvalue weighted by atomic mass is 10.2. The molecule has 0 aromatic heterocycles. The van der Waals surface area contributed by atoms with Gasteiger partial charge in [0.1, 0.15) is 0 Å². The van der Waals surface area contributed by atoms with E-state index in [1.54, 1.807) is 0 Å². The summed E-state index contributed by atoms with van der Waals surface area (Å²) in [5.74, 6) is 0. The molecule has 0 saturated carbocycles. The predicted octanol–water partition coefficient (Wildman–Crippen LogP) is 3.81. The van der Waals surface area contributed by atoms with E-state index in [1.807, 2.05) is 5.70 Å². The zero-order chi connectivity index (χ0) is 11.7. The number of unbranched alkanes of at least 4 members (excludes halogenated alkanes) is 1. The minimum Gasteiger partial charge on any atom is -0.391 e. The number of hydrogen-bond donors (Lipinski definition) is 0. The quantitative estimate of drug-likeness (QED) is 0.443. The average molecular weight is 230 g/mol. The van der Waals surface area contributed by atoms with E-state index in [9.17, 15) is 0 Å². The highest BCUT2D eigenvalue weighted by atomic mass is 28.4.